The molecular weight excluding hydrogens is 276 g/mol. The molecule has 1 aliphatic rings. The zero-order valence-corrected chi connectivity index (χ0v) is 10.7. The number of anilines is 1. The minimum Gasteiger partial charge on any atom is -0.317 e. The molecule has 15 heavy (non-hydrogen) atoms. The van der Waals surface area contributed by atoms with Gasteiger partial charge >= 0.3 is 0 Å². The first-order valence-corrected chi connectivity index (χ1v) is 6.68. The van der Waals surface area contributed by atoms with Crippen molar-refractivity contribution in [2.45, 2.75) is 12.8 Å². The van der Waals surface area contributed by atoms with Crippen LogP contribution in [0, 0.1) is 5.92 Å². The van der Waals surface area contributed by atoms with Gasteiger partial charge < -0.3 is 10.6 Å². The summed E-state index contributed by atoms with van der Waals surface area (Å²) in [6.45, 7) is 1.90. The van der Waals surface area contributed by atoms with E-state index in [-0.39, 0.29) is 11.8 Å². The number of carbonyl (C=O) groups excluding carboxylic acids is 1. The fraction of sp³-hybridized carbons (Fsp3) is 0.500. The van der Waals surface area contributed by atoms with Crippen LogP contribution in [0.4, 0.5) is 5.00 Å². The van der Waals surface area contributed by atoms with Gasteiger partial charge in [-0.2, -0.15) is 0 Å². The second-order valence-electron chi connectivity index (χ2n) is 3.64. The molecule has 3 nitrogen and oxygen atoms in total. The lowest BCUT2D eigenvalue weighted by molar-refractivity contribution is -0.120. The maximum atomic E-state index is 11.8. The Morgan fingerprint density at radius 3 is 2.87 bits per heavy atom. The summed E-state index contributed by atoms with van der Waals surface area (Å²) in [5, 5.41) is 9.10. The quantitative estimate of drug-likeness (QED) is 0.878. The fourth-order valence-electron chi connectivity index (χ4n) is 1.69. The van der Waals surface area contributed by atoms with E-state index in [9.17, 15) is 4.79 Å². The minimum absolute atomic E-state index is 0.158. The van der Waals surface area contributed by atoms with Gasteiger partial charge in [-0.3, -0.25) is 4.79 Å². The van der Waals surface area contributed by atoms with Gasteiger partial charge in [0.25, 0.3) is 0 Å². The number of nitrogens with one attached hydrogen (secondary N) is 2. The number of amides is 1. The van der Waals surface area contributed by atoms with Crippen molar-refractivity contribution in [3.8, 4) is 0 Å². The summed E-state index contributed by atoms with van der Waals surface area (Å²) in [6, 6.07) is 1.93. The summed E-state index contributed by atoms with van der Waals surface area (Å²) < 4.78 is 1.02. The topological polar surface area (TPSA) is 41.1 Å². The summed E-state index contributed by atoms with van der Waals surface area (Å²) in [4.78, 5) is 11.8. The number of halogens is 1. The third kappa shape index (κ3) is 3.03. The largest absolute Gasteiger partial charge is 0.317 e. The fourth-order valence-corrected chi connectivity index (χ4v) is 3.01. The first-order valence-electron chi connectivity index (χ1n) is 5.01. The number of rotatable bonds is 2. The average Bonchev–Trinajstić information content (AvgIpc) is 2.65. The molecule has 1 aliphatic heterocycles. The lowest BCUT2D eigenvalue weighted by Crippen LogP contribution is -2.34. The Morgan fingerprint density at radius 2 is 2.27 bits per heavy atom. The van der Waals surface area contributed by atoms with Crippen LogP contribution in [0.25, 0.3) is 0 Å². The Bertz CT molecular complexity index is 347. The third-order valence-electron chi connectivity index (χ3n) is 2.52. The first-order chi connectivity index (χ1) is 7.25. The molecule has 2 N–H and O–H groups in total. The smallest absolute Gasteiger partial charge is 0.228 e. The van der Waals surface area contributed by atoms with E-state index >= 15 is 0 Å². The lowest BCUT2D eigenvalue weighted by Gasteiger charge is -2.21. The summed E-state index contributed by atoms with van der Waals surface area (Å²) in [7, 11) is 0. The number of carbonyl (C=O) groups is 1. The van der Waals surface area contributed by atoms with E-state index in [1.807, 2.05) is 11.4 Å². The monoisotopic (exact) mass is 288 g/mol. The molecule has 0 bridgehead atoms. The molecule has 0 aromatic carbocycles. The van der Waals surface area contributed by atoms with E-state index in [1.165, 1.54) is 0 Å². The molecule has 1 aromatic heterocycles. The second kappa shape index (κ2) is 5.09. The zero-order chi connectivity index (χ0) is 10.7. The van der Waals surface area contributed by atoms with Gasteiger partial charge in [0.2, 0.25) is 5.91 Å². The summed E-state index contributed by atoms with van der Waals surface area (Å²) >= 11 is 4.91. The van der Waals surface area contributed by atoms with Gasteiger partial charge in [-0.1, -0.05) is 0 Å². The molecule has 1 fully saturated rings. The molecule has 1 aromatic rings. The van der Waals surface area contributed by atoms with Crippen LogP contribution in [0.1, 0.15) is 12.8 Å². The number of hydrogen-bond acceptors (Lipinski definition) is 3. The predicted molar refractivity (Wildman–Crippen MR) is 66.2 cm³/mol. The van der Waals surface area contributed by atoms with Crippen molar-refractivity contribution in [3.63, 3.8) is 0 Å². The van der Waals surface area contributed by atoms with Gasteiger partial charge in [-0.25, -0.2) is 0 Å². The molecule has 0 saturated carbocycles. The standard InChI is InChI=1S/C10H13BrN2OS/c11-8-5-9(15-6-8)13-10(14)7-1-3-12-4-2-7/h5-7,12H,1-4H2,(H,13,14). The maximum absolute atomic E-state index is 11.8. The van der Waals surface area contributed by atoms with Crippen LogP contribution in [0.3, 0.4) is 0 Å². The second-order valence-corrected chi connectivity index (χ2v) is 5.47. The number of hydrogen-bond donors (Lipinski definition) is 2. The lowest BCUT2D eigenvalue weighted by atomic mass is 9.97. The molecule has 1 saturated heterocycles. The highest BCUT2D eigenvalue weighted by atomic mass is 79.9. The molecule has 2 rings (SSSR count). The first kappa shape index (κ1) is 11.1. The molecule has 82 valence electrons. The number of thiophene rings is 1. The van der Waals surface area contributed by atoms with Crippen LogP contribution in [0.5, 0.6) is 0 Å². The van der Waals surface area contributed by atoms with Crippen LogP contribution in [0.15, 0.2) is 15.9 Å². The molecule has 0 aliphatic carbocycles. The Hall–Kier alpha value is -0.390. The van der Waals surface area contributed by atoms with Gasteiger partial charge in [0.05, 0.1) is 5.00 Å². The molecular formula is C10H13BrN2OS. The van der Waals surface area contributed by atoms with Crippen molar-refractivity contribution in [1.82, 2.24) is 5.32 Å². The number of piperidine rings is 1. The summed E-state index contributed by atoms with van der Waals surface area (Å²) in [6.07, 6.45) is 1.89. The van der Waals surface area contributed by atoms with Gasteiger partial charge in [-0.15, -0.1) is 11.3 Å². The Labute approximate surface area is 101 Å². The summed E-state index contributed by atoms with van der Waals surface area (Å²) in [5.41, 5.74) is 0. The van der Waals surface area contributed by atoms with E-state index in [0.29, 0.717) is 0 Å². The highest BCUT2D eigenvalue weighted by Gasteiger charge is 2.20. The van der Waals surface area contributed by atoms with Gasteiger partial charge in [0, 0.05) is 15.8 Å². The van der Waals surface area contributed by atoms with E-state index < -0.39 is 0 Å². The Kier molecular flexibility index (Phi) is 3.77. The van der Waals surface area contributed by atoms with E-state index in [2.05, 4.69) is 26.6 Å². The molecule has 1 amide bonds. The molecule has 5 heteroatoms. The van der Waals surface area contributed by atoms with Crippen molar-refractivity contribution in [1.29, 1.82) is 0 Å². The van der Waals surface area contributed by atoms with Crippen molar-refractivity contribution >= 4 is 38.2 Å². The van der Waals surface area contributed by atoms with Crippen molar-refractivity contribution in [3.05, 3.63) is 15.9 Å². The van der Waals surface area contributed by atoms with E-state index in [1.54, 1.807) is 11.3 Å². The van der Waals surface area contributed by atoms with Crippen LogP contribution in [-0.2, 0) is 4.79 Å². The Morgan fingerprint density at radius 1 is 1.53 bits per heavy atom. The third-order valence-corrected chi connectivity index (χ3v) is 4.13. The average molecular weight is 289 g/mol. The maximum Gasteiger partial charge on any atom is 0.228 e. The summed E-state index contributed by atoms with van der Waals surface area (Å²) in [5.74, 6) is 0.331. The Balaban J connectivity index is 1.91. The minimum atomic E-state index is 0.158. The highest BCUT2D eigenvalue weighted by Crippen LogP contribution is 2.25. The van der Waals surface area contributed by atoms with Crippen molar-refractivity contribution < 1.29 is 4.79 Å². The zero-order valence-electron chi connectivity index (χ0n) is 8.25. The van der Waals surface area contributed by atoms with Crippen molar-refractivity contribution in [2.75, 3.05) is 18.4 Å². The normalized spacial score (nSPS) is 17.7. The molecule has 2 heterocycles. The van der Waals surface area contributed by atoms with Crippen LogP contribution < -0.4 is 10.6 Å². The van der Waals surface area contributed by atoms with E-state index in [0.717, 1.165) is 35.4 Å². The van der Waals surface area contributed by atoms with Crippen LogP contribution in [0.2, 0.25) is 0 Å². The molecule has 0 radical (unpaired) electrons. The van der Waals surface area contributed by atoms with Gasteiger partial charge in [0.1, 0.15) is 0 Å². The van der Waals surface area contributed by atoms with Crippen LogP contribution >= 0.6 is 27.3 Å². The molecule has 0 unspecified atom stereocenters. The predicted octanol–water partition coefficient (Wildman–Crippen LogP) is 2.45. The molecule has 0 atom stereocenters. The van der Waals surface area contributed by atoms with Crippen LogP contribution in [-0.4, -0.2) is 19.0 Å². The SMILES string of the molecule is O=C(Nc1cc(Br)cs1)C1CCNCC1. The highest BCUT2D eigenvalue weighted by molar-refractivity contribution is 9.10. The van der Waals surface area contributed by atoms with E-state index in [4.69, 9.17) is 0 Å². The van der Waals surface area contributed by atoms with Gasteiger partial charge in [0.15, 0.2) is 0 Å². The van der Waals surface area contributed by atoms with Crippen molar-refractivity contribution in [2.24, 2.45) is 5.92 Å². The molecule has 0 spiro atoms. The van der Waals surface area contributed by atoms with Gasteiger partial charge in [-0.05, 0) is 47.9 Å².